The van der Waals surface area contributed by atoms with Crippen molar-refractivity contribution in [1.82, 2.24) is 0 Å². The minimum absolute atomic E-state index is 0. The molecule has 44 valence electrons. The molecule has 0 spiro atoms. The minimum Gasteiger partial charge on any atom is -1.00 e. The molecule has 0 amide bonds. The average Bonchev–Trinajstić information content (AvgIpc) is 1.35. The summed E-state index contributed by atoms with van der Waals surface area (Å²) in [6, 6.07) is 0. The SMILES string of the molecule is C=CC[C@H]([CH2-])C.[Cl-].[Mg+2]. The summed E-state index contributed by atoms with van der Waals surface area (Å²) in [4.78, 5) is 0. The van der Waals surface area contributed by atoms with Gasteiger partial charge in [-0.05, 0) is 0 Å². The van der Waals surface area contributed by atoms with Crippen LogP contribution in [0.25, 0.3) is 0 Å². The summed E-state index contributed by atoms with van der Waals surface area (Å²) < 4.78 is 0. The van der Waals surface area contributed by atoms with Gasteiger partial charge < -0.3 is 19.3 Å². The van der Waals surface area contributed by atoms with E-state index in [-0.39, 0.29) is 35.5 Å². The predicted octanol–water partition coefficient (Wildman–Crippen LogP) is -1.34. The van der Waals surface area contributed by atoms with Crippen molar-refractivity contribution >= 4 is 23.1 Å². The van der Waals surface area contributed by atoms with Gasteiger partial charge in [0.2, 0.25) is 0 Å². The summed E-state index contributed by atoms with van der Waals surface area (Å²) >= 11 is 0. The first kappa shape index (κ1) is 15.9. The summed E-state index contributed by atoms with van der Waals surface area (Å²) in [6.45, 7) is 9.39. The van der Waals surface area contributed by atoms with Crippen molar-refractivity contribution in [3.63, 3.8) is 0 Å². The maximum absolute atomic E-state index is 3.76. The van der Waals surface area contributed by atoms with Crippen LogP contribution < -0.4 is 12.4 Å². The van der Waals surface area contributed by atoms with Crippen LogP contribution in [0.1, 0.15) is 13.3 Å². The van der Waals surface area contributed by atoms with Crippen LogP contribution in [0.5, 0.6) is 0 Å². The van der Waals surface area contributed by atoms with Gasteiger partial charge in [-0.2, -0.15) is 5.92 Å². The van der Waals surface area contributed by atoms with Crippen molar-refractivity contribution in [2.75, 3.05) is 0 Å². The van der Waals surface area contributed by atoms with Gasteiger partial charge in [-0.15, -0.1) is 6.58 Å². The van der Waals surface area contributed by atoms with Crippen molar-refractivity contribution in [1.29, 1.82) is 0 Å². The van der Waals surface area contributed by atoms with Crippen molar-refractivity contribution in [2.24, 2.45) is 5.92 Å². The van der Waals surface area contributed by atoms with Crippen LogP contribution in [0, 0.1) is 12.8 Å². The van der Waals surface area contributed by atoms with Crippen LogP contribution in [0.2, 0.25) is 0 Å². The second kappa shape index (κ2) is 10.7. The molecule has 0 bridgehead atoms. The quantitative estimate of drug-likeness (QED) is 0.255. The third-order valence-electron chi connectivity index (χ3n) is 0.569. The second-order valence-corrected chi connectivity index (χ2v) is 1.63. The fourth-order valence-corrected chi connectivity index (χ4v) is 0.285. The van der Waals surface area contributed by atoms with Gasteiger partial charge in [0.25, 0.3) is 0 Å². The molecular formula is C6H11ClMg. The Morgan fingerprint density at radius 2 is 2.12 bits per heavy atom. The second-order valence-electron chi connectivity index (χ2n) is 1.63. The van der Waals surface area contributed by atoms with E-state index in [0.717, 1.165) is 6.42 Å². The molecule has 0 heterocycles. The van der Waals surface area contributed by atoms with Gasteiger partial charge in [0.15, 0.2) is 0 Å². The van der Waals surface area contributed by atoms with E-state index in [2.05, 4.69) is 20.4 Å². The molecular weight excluding hydrogens is 132 g/mol. The summed E-state index contributed by atoms with van der Waals surface area (Å²) in [5.74, 6) is 0.530. The first-order valence-electron chi connectivity index (χ1n) is 2.21. The largest absolute Gasteiger partial charge is 2.00 e. The van der Waals surface area contributed by atoms with Crippen molar-refractivity contribution < 1.29 is 12.4 Å². The Hall–Kier alpha value is 0.796. The molecule has 0 saturated carbocycles. The van der Waals surface area contributed by atoms with Crippen LogP contribution in [0.4, 0.5) is 0 Å². The van der Waals surface area contributed by atoms with E-state index >= 15 is 0 Å². The fourth-order valence-electron chi connectivity index (χ4n) is 0.285. The van der Waals surface area contributed by atoms with Gasteiger partial charge in [0.1, 0.15) is 0 Å². The van der Waals surface area contributed by atoms with E-state index in [0.29, 0.717) is 5.92 Å². The normalized spacial score (nSPS) is 10.2. The topological polar surface area (TPSA) is 0 Å². The Kier molecular flexibility index (Phi) is 21.3. The monoisotopic (exact) mass is 142 g/mol. The molecule has 0 nitrogen and oxygen atoms in total. The zero-order valence-electron chi connectivity index (χ0n) is 5.36. The summed E-state index contributed by atoms with van der Waals surface area (Å²) in [5, 5.41) is 0. The molecule has 0 saturated heterocycles. The molecule has 0 rings (SSSR count). The number of hydrogen-bond acceptors (Lipinski definition) is 0. The first-order chi connectivity index (χ1) is 2.77. The molecule has 0 fully saturated rings. The van der Waals surface area contributed by atoms with E-state index in [1.165, 1.54) is 0 Å². The fraction of sp³-hybridized carbons (Fsp3) is 0.500. The first-order valence-corrected chi connectivity index (χ1v) is 2.21. The summed E-state index contributed by atoms with van der Waals surface area (Å²) in [5.41, 5.74) is 0. The van der Waals surface area contributed by atoms with Gasteiger partial charge in [-0.1, -0.05) is 19.4 Å². The van der Waals surface area contributed by atoms with Crippen molar-refractivity contribution in [2.45, 2.75) is 13.3 Å². The Morgan fingerprint density at radius 1 is 1.75 bits per heavy atom. The molecule has 0 aromatic carbocycles. The van der Waals surface area contributed by atoms with Crippen LogP contribution >= 0.6 is 0 Å². The van der Waals surface area contributed by atoms with E-state index in [1.807, 2.05) is 6.08 Å². The Balaban J connectivity index is -0.000000125. The van der Waals surface area contributed by atoms with Gasteiger partial charge in [-0.3, -0.25) is 0 Å². The zero-order chi connectivity index (χ0) is 4.99. The Bertz CT molecular complexity index is 43.8. The molecule has 0 N–H and O–H groups in total. The molecule has 1 atom stereocenters. The standard InChI is InChI=1S/C6H11.ClH.Mg/c1-4-5-6(2)3;;/h4,6H,1-2,5H2,3H3;1H;/q-1;;+2/p-1/t6-;;/m1../s1. The number of allylic oxidation sites excluding steroid dienone is 1. The van der Waals surface area contributed by atoms with E-state index < -0.39 is 0 Å². The zero-order valence-corrected chi connectivity index (χ0v) is 7.53. The van der Waals surface area contributed by atoms with Crippen molar-refractivity contribution in [3.05, 3.63) is 19.6 Å². The molecule has 0 aromatic rings. The third-order valence-corrected chi connectivity index (χ3v) is 0.569. The van der Waals surface area contributed by atoms with Crippen LogP contribution in [0.3, 0.4) is 0 Å². The number of halogens is 1. The van der Waals surface area contributed by atoms with Crippen molar-refractivity contribution in [3.8, 4) is 0 Å². The maximum Gasteiger partial charge on any atom is 2.00 e. The molecule has 0 aliphatic heterocycles. The third kappa shape index (κ3) is 15.8. The van der Waals surface area contributed by atoms with E-state index in [4.69, 9.17) is 0 Å². The molecule has 0 radical (unpaired) electrons. The van der Waals surface area contributed by atoms with Crippen LogP contribution in [-0.2, 0) is 0 Å². The molecule has 8 heavy (non-hydrogen) atoms. The molecule has 0 unspecified atom stereocenters. The Labute approximate surface area is 74.3 Å². The molecule has 0 aromatic heterocycles. The molecule has 0 aliphatic carbocycles. The average molecular weight is 143 g/mol. The van der Waals surface area contributed by atoms with Gasteiger partial charge in [-0.25, -0.2) is 0 Å². The predicted molar refractivity (Wildman–Crippen MR) is 35.1 cm³/mol. The number of hydrogen-bond donors (Lipinski definition) is 0. The van der Waals surface area contributed by atoms with Gasteiger partial charge >= 0.3 is 23.1 Å². The van der Waals surface area contributed by atoms with Gasteiger partial charge in [0, 0.05) is 0 Å². The van der Waals surface area contributed by atoms with Gasteiger partial charge in [0.05, 0.1) is 0 Å². The molecule has 0 aliphatic rings. The Morgan fingerprint density at radius 3 is 2.12 bits per heavy atom. The smallest absolute Gasteiger partial charge is 1.00 e. The van der Waals surface area contributed by atoms with Crippen LogP contribution in [-0.4, -0.2) is 23.1 Å². The maximum atomic E-state index is 3.76. The van der Waals surface area contributed by atoms with E-state index in [9.17, 15) is 0 Å². The number of rotatable bonds is 2. The minimum atomic E-state index is 0. The van der Waals surface area contributed by atoms with Crippen LogP contribution in [0.15, 0.2) is 12.7 Å². The molecule has 2 heteroatoms. The summed E-state index contributed by atoms with van der Waals surface area (Å²) in [6.07, 6.45) is 2.91. The summed E-state index contributed by atoms with van der Waals surface area (Å²) in [7, 11) is 0. The van der Waals surface area contributed by atoms with E-state index in [1.54, 1.807) is 0 Å².